The second-order valence-corrected chi connectivity index (χ2v) is 6.82. The van der Waals surface area contributed by atoms with Crippen molar-refractivity contribution in [3.05, 3.63) is 23.8 Å². The van der Waals surface area contributed by atoms with Crippen LogP contribution in [-0.4, -0.2) is 26.7 Å². The van der Waals surface area contributed by atoms with Gasteiger partial charge in [-0.3, -0.25) is 0 Å². The van der Waals surface area contributed by atoms with Crippen LogP contribution in [0.5, 0.6) is 0 Å². The number of nitrogen functional groups attached to an aromatic ring is 1. The molecule has 1 aromatic rings. The molecule has 0 amide bonds. The summed E-state index contributed by atoms with van der Waals surface area (Å²) in [5.41, 5.74) is 4.89. The Morgan fingerprint density at radius 3 is 2.60 bits per heavy atom. The molecule has 3 N–H and O–H groups in total. The molecule has 0 aromatic heterocycles. The standard InChI is InChI=1S/C12H14F2N2O3S/c13-7-4-8(14)12(5-9(7)15)20(17,18)16-10-3-6-1-2-11(10)19-6/h4-6,10-11,16H,1-3,15H2. The van der Waals surface area contributed by atoms with Gasteiger partial charge in [-0.05, 0) is 25.3 Å². The molecule has 2 bridgehead atoms. The lowest BCUT2D eigenvalue weighted by Crippen LogP contribution is -2.41. The van der Waals surface area contributed by atoms with Gasteiger partial charge in [-0.1, -0.05) is 0 Å². The summed E-state index contributed by atoms with van der Waals surface area (Å²) in [6.45, 7) is 0. The second-order valence-electron chi connectivity index (χ2n) is 5.14. The molecule has 3 unspecified atom stereocenters. The van der Waals surface area contributed by atoms with Crippen LogP contribution in [0.3, 0.4) is 0 Å². The number of benzene rings is 1. The van der Waals surface area contributed by atoms with Crippen molar-refractivity contribution in [2.75, 3.05) is 5.73 Å². The highest BCUT2D eigenvalue weighted by Crippen LogP contribution is 2.35. The van der Waals surface area contributed by atoms with Gasteiger partial charge < -0.3 is 10.5 Å². The molecule has 110 valence electrons. The van der Waals surface area contributed by atoms with Gasteiger partial charge in [0.05, 0.1) is 23.9 Å². The Kier molecular flexibility index (Phi) is 3.19. The molecule has 2 aliphatic heterocycles. The molecule has 0 aliphatic carbocycles. The highest BCUT2D eigenvalue weighted by molar-refractivity contribution is 7.89. The van der Waals surface area contributed by atoms with Crippen molar-refractivity contribution >= 4 is 15.7 Å². The molecule has 0 radical (unpaired) electrons. The van der Waals surface area contributed by atoms with E-state index < -0.39 is 32.2 Å². The van der Waals surface area contributed by atoms with E-state index in [9.17, 15) is 17.2 Å². The van der Waals surface area contributed by atoms with Crippen molar-refractivity contribution in [3.63, 3.8) is 0 Å². The fourth-order valence-electron chi connectivity index (χ4n) is 2.78. The third kappa shape index (κ3) is 2.27. The molecule has 2 aliphatic rings. The summed E-state index contributed by atoms with van der Waals surface area (Å²) in [6, 6.07) is 0.895. The second kappa shape index (κ2) is 4.64. The lowest BCUT2D eigenvalue weighted by Gasteiger charge is -2.20. The van der Waals surface area contributed by atoms with E-state index in [1.54, 1.807) is 0 Å². The Hall–Kier alpha value is -1.25. The Balaban J connectivity index is 1.87. The molecule has 2 heterocycles. The summed E-state index contributed by atoms with van der Waals surface area (Å²) >= 11 is 0. The van der Waals surface area contributed by atoms with Gasteiger partial charge in [-0.15, -0.1) is 0 Å². The van der Waals surface area contributed by atoms with Gasteiger partial charge >= 0.3 is 0 Å². The average molecular weight is 304 g/mol. The van der Waals surface area contributed by atoms with Crippen LogP contribution < -0.4 is 10.5 Å². The third-order valence-electron chi connectivity index (χ3n) is 3.75. The van der Waals surface area contributed by atoms with E-state index in [1.165, 1.54) is 0 Å². The van der Waals surface area contributed by atoms with E-state index in [-0.39, 0.29) is 18.2 Å². The molecule has 3 atom stereocenters. The van der Waals surface area contributed by atoms with Crippen LogP contribution in [0.25, 0.3) is 0 Å². The number of nitrogens with one attached hydrogen (secondary N) is 1. The number of hydrogen-bond donors (Lipinski definition) is 2. The zero-order valence-corrected chi connectivity index (χ0v) is 11.3. The van der Waals surface area contributed by atoms with Gasteiger partial charge in [0.2, 0.25) is 10.0 Å². The fraction of sp³-hybridized carbons (Fsp3) is 0.500. The number of fused-ring (bicyclic) bond motifs is 2. The minimum absolute atomic E-state index is 0.0656. The van der Waals surface area contributed by atoms with Crippen LogP contribution in [-0.2, 0) is 14.8 Å². The SMILES string of the molecule is Nc1cc(S(=O)(=O)NC2CC3CCC2O3)c(F)cc1F. The van der Waals surface area contributed by atoms with E-state index in [2.05, 4.69) is 4.72 Å². The van der Waals surface area contributed by atoms with Gasteiger partial charge in [0.1, 0.15) is 16.5 Å². The number of ether oxygens (including phenoxy) is 1. The van der Waals surface area contributed by atoms with Gasteiger partial charge in [-0.25, -0.2) is 21.9 Å². The van der Waals surface area contributed by atoms with E-state index in [0.717, 1.165) is 18.9 Å². The lowest BCUT2D eigenvalue weighted by atomic mass is 9.96. The number of rotatable bonds is 3. The Bertz CT molecular complexity index is 650. The maximum absolute atomic E-state index is 13.6. The Labute approximate surface area is 115 Å². The first kappa shape index (κ1) is 13.7. The summed E-state index contributed by atoms with van der Waals surface area (Å²) in [6.07, 6.45) is 2.17. The van der Waals surface area contributed by atoms with Crippen LogP contribution in [0.15, 0.2) is 17.0 Å². The predicted octanol–water partition coefficient (Wildman–Crippen LogP) is 1.15. The summed E-state index contributed by atoms with van der Waals surface area (Å²) < 4.78 is 59.0. The number of nitrogens with two attached hydrogens (primary N) is 1. The molecular formula is C12H14F2N2O3S. The van der Waals surface area contributed by atoms with Gasteiger partial charge in [0.15, 0.2) is 0 Å². The maximum Gasteiger partial charge on any atom is 0.243 e. The molecule has 1 aromatic carbocycles. The highest BCUT2D eigenvalue weighted by atomic mass is 32.2. The van der Waals surface area contributed by atoms with E-state index in [4.69, 9.17) is 10.5 Å². The van der Waals surface area contributed by atoms with E-state index >= 15 is 0 Å². The molecule has 0 spiro atoms. The van der Waals surface area contributed by atoms with Crippen molar-refractivity contribution in [2.24, 2.45) is 0 Å². The van der Waals surface area contributed by atoms with Gasteiger partial charge in [-0.2, -0.15) is 0 Å². The first-order valence-corrected chi connectivity index (χ1v) is 7.77. The highest BCUT2D eigenvalue weighted by Gasteiger charge is 2.42. The third-order valence-corrected chi connectivity index (χ3v) is 5.26. The fourth-order valence-corrected chi connectivity index (χ4v) is 4.15. The van der Waals surface area contributed by atoms with Gasteiger partial charge in [0, 0.05) is 6.07 Å². The normalized spacial score (nSPS) is 29.0. The van der Waals surface area contributed by atoms with Crippen LogP contribution in [0.1, 0.15) is 19.3 Å². The molecule has 3 rings (SSSR count). The lowest BCUT2D eigenvalue weighted by molar-refractivity contribution is 0.0996. The largest absolute Gasteiger partial charge is 0.396 e. The first-order chi connectivity index (χ1) is 9.37. The number of sulfonamides is 1. The zero-order chi connectivity index (χ0) is 14.5. The molecular weight excluding hydrogens is 290 g/mol. The Morgan fingerprint density at radius 1 is 1.25 bits per heavy atom. The number of hydrogen-bond acceptors (Lipinski definition) is 4. The summed E-state index contributed by atoms with van der Waals surface area (Å²) in [5, 5.41) is 0. The summed E-state index contributed by atoms with van der Waals surface area (Å²) in [7, 11) is -4.09. The van der Waals surface area contributed by atoms with Crippen molar-refractivity contribution < 1.29 is 21.9 Å². The Morgan fingerprint density at radius 2 is 2.00 bits per heavy atom. The molecule has 20 heavy (non-hydrogen) atoms. The van der Waals surface area contributed by atoms with Crippen molar-refractivity contribution in [1.82, 2.24) is 4.72 Å². The maximum atomic E-state index is 13.6. The number of halogens is 2. The monoisotopic (exact) mass is 304 g/mol. The number of anilines is 1. The molecule has 2 saturated heterocycles. The average Bonchev–Trinajstić information content (AvgIpc) is 2.95. The van der Waals surface area contributed by atoms with Crippen molar-refractivity contribution in [2.45, 2.75) is 42.4 Å². The molecule has 5 nitrogen and oxygen atoms in total. The van der Waals surface area contributed by atoms with Crippen LogP contribution in [0.4, 0.5) is 14.5 Å². The molecule has 2 fully saturated rings. The minimum atomic E-state index is -4.09. The van der Waals surface area contributed by atoms with Crippen LogP contribution in [0, 0.1) is 11.6 Å². The van der Waals surface area contributed by atoms with Crippen LogP contribution >= 0.6 is 0 Å². The van der Waals surface area contributed by atoms with Crippen molar-refractivity contribution in [1.29, 1.82) is 0 Å². The summed E-state index contributed by atoms with van der Waals surface area (Å²) in [4.78, 5) is -0.640. The van der Waals surface area contributed by atoms with Crippen molar-refractivity contribution in [3.8, 4) is 0 Å². The molecule has 0 saturated carbocycles. The summed E-state index contributed by atoms with van der Waals surface area (Å²) in [5.74, 6) is -2.14. The van der Waals surface area contributed by atoms with E-state index in [1.807, 2.05) is 0 Å². The quantitative estimate of drug-likeness (QED) is 0.821. The topological polar surface area (TPSA) is 81.4 Å². The first-order valence-electron chi connectivity index (χ1n) is 6.29. The predicted molar refractivity (Wildman–Crippen MR) is 67.4 cm³/mol. The molecule has 8 heteroatoms. The minimum Gasteiger partial charge on any atom is -0.396 e. The van der Waals surface area contributed by atoms with E-state index in [0.29, 0.717) is 12.5 Å². The zero-order valence-electron chi connectivity index (χ0n) is 10.5. The van der Waals surface area contributed by atoms with Crippen LogP contribution in [0.2, 0.25) is 0 Å². The van der Waals surface area contributed by atoms with Gasteiger partial charge in [0.25, 0.3) is 0 Å². The smallest absolute Gasteiger partial charge is 0.243 e.